The van der Waals surface area contributed by atoms with Crippen molar-refractivity contribution in [3.8, 4) is 22.9 Å². The van der Waals surface area contributed by atoms with Gasteiger partial charge < -0.3 is 20.5 Å². The van der Waals surface area contributed by atoms with Crippen molar-refractivity contribution in [3.05, 3.63) is 71.5 Å². The summed E-state index contributed by atoms with van der Waals surface area (Å²) < 4.78 is 43.7. The van der Waals surface area contributed by atoms with Crippen LogP contribution in [0.15, 0.2) is 54.6 Å². The van der Waals surface area contributed by atoms with Gasteiger partial charge in [0.2, 0.25) is 5.91 Å². The van der Waals surface area contributed by atoms with E-state index in [9.17, 15) is 27.9 Å². The molecule has 1 amide bonds. The van der Waals surface area contributed by atoms with Gasteiger partial charge in [-0.25, -0.2) is 14.8 Å². The van der Waals surface area contributed by atoms with Crippen LogP contribution in [0.2, 0.25) is 0 Å². The second kappa shape index (κ2) is 9.48. The van der Waals surface area contributed by atoms with E-state index in [2.05, 4.69) is 20.6 Å². The van der Waals surface area contributed by atoms with E-state index in [-0.39, 0.29) is 35.8 Å². The molecular weight excluding hydrogens is 453 g/mol. The summed E-state index contributed by atoms with van der Waals surface area (Å²) >= 11 is 0. The molecule has 2 aromatic carbocycles. The van der Waals surface area contributed by atoms with Crippen LogP contribution >= 0.6 is 0 Å². The molecule has 11 heteroatoms. The number of carbonyl (C=O) groups excluding carboxylic acids is 1. The molecule has 0 radical (unpaired) electrons. The highest BCUT2D eigenvalue weighted by Gasteiger charge is 2.30. The first-order valence-electron chi connectivity index (χ1n) is 10.3. The molecule has 3 N–H and O–H groups in total. The molecule has 1 atom stereocenters. The SMILES string of the molecule is O=C(O)c1cc(CNC2CCNC2=O)nc(-c2ccc(Oc3ccc(C(F)(F)F)cc3)cc2)n1. The smallest absolute Gasteiger partial charge is 0.416 e. The standard InChI is InChI=1S/C23H19F3N4O4/c24-23(25,26)14-3-7-17(8-4-14)34-16-5-1-13(2-6-16)20-29-15(11-19(30-20)22(32)33)12-28-18-9-10-27-21(18)31/h1-8,11,18,28H,9-10,12H2,(H,27,31)(H,32,33). The molecule has 1 saturated heterocycles. The third kappa shape index (κ3) is 5.49. The maximum Gasteiger partial charge on any atom is 0.416 e. The lowest BCUT2D eigenvalue weighted by molar-refractivity contribution is -0.137. The van der Waals surface area contributed by atoms with Crippen LogP contribution in [0.25, 0.3) is 11.4 Å². The van der Waals surface area contributed by atoms with Crippen LogP contribution in [0, 0.1) is 0 Å². The first-order valence-corrected chi connectivity index (χ1v) is 10.3. The van der Waals surface area contributed by atoms with E-state index in [4.69, 9.17) is 4.74 Å². The minimum atomic E-state index is -4.43. The van der Waals surface area contributed by atoms with E-state index < -0.39 is 17.7 Å². The lowest BCUT2D eigenvalue weighted by atomic mass is 10.2. The number of nitrogens with zero attached hydrogens (tertiary/aromatic N) is 2. The van der Waals surface area contributed by atoms with Gasteiger partial charge in [-0.15, -0.1) is 0 Å². The third-order valence-corrected chi connectivity index (χ3v) is 5.11. The number of aromatic carboxylic acids is 1. The number of amides is 1. The topological polar surface area (TPSA) is 113 Å². The number of halogens is 3. The van der Waals surface area contributed by atoms with E-state index >= 15 is 0 Å². The van der Waals surface area contributed by atoms with E-state index in [1.807, 2.05) is 0 Å². The summed E-state index contributed by atoms with van der Waals surface area (Å²) in [5.74, 6) is -0.558. The summed E-state index contributed by atoms with van der Waals surface area (Å²) in [7, 11) is 0. The van der Waals surface area contributed by atoms with Gasteiger partial charge in [-0.2, -0.15) is 13.2 Å². The normalized spacial score (nSPS) is 15.7. The van der Waals surface area contributed by atoms with Crippen molar-refractivity contribution in [3.63, 3.8) is 0 Å². The summed E-state index contributed by atoms with van der Waals surface area (Å²) in [6.45, 7) is 0.760. The Morgan fingerprint density at radius 3 is 2.29 bits per heavy atom. The average Bonchev–Trinajstić information content (AvgIpc) is 3.22. The molecule has 1 aliphatic rings. The van der Waals surface area contributed by atoms with Gasteiger partial charge in [0.15, 0.2) is 11.5 Å². The second-order valence-corrected chi connectivity index (χ2v) is 7.54. The van der Waals surface area contributed by atoms with Gasteiger partial charge in [0.1, 0.15) is 11.5 Å². The Balaban J connectivity index is 1.50. The number of alkyl halides is 3. The lowest BCUT2D eigenvalue weighted by Gasteiger charge is -2.11. The van der Waals surface area contributed by atoms with E-state index in [1.165, 1.54) is 18.2 Å². The van der Waals surface area contributed by atoms with Crippen LogP contribution in [0.3, 0.4) is 0 Å². The highest BCUT2D eigenvalue weighted by Crippen LogP contribution is 2.31. The largest absolute Gasteiger partial charge is 0.477 e. The predicted octanol–water partition coefficient (Wildman–Crippen LogP) is 3.63. The number of rotatable bonds is 7. The zero-order valence-electron chi connectivity index (χ0n) is 17.6. The van der Waals surface area contributed by atoms with Gasteiger partial charge in [-0.05, 0) is 61.0 Å². The zero-order chi connectivity index (χ0) is 24.3. The van der Waals surface area contributed by atoms with Crippen LogP contribution in [-0.4, -0.2) is 39.5 Å². The number of carboxylic acids is 1. The Morgan fingerprint density at radius 2 is 1.74 bits per heavy atom. The molecule has 0 saturated carbocycles. The molecule has 8 nitrogen and oxygen atoms in total. The Morgan fingerprint density at radius 1 is 1.09 bits per heavy atom. The Hall–Kier alpha value is -3.99. The number of hydrogen-bond acceptors (Lipinski definition) is 6. The van der Waals surface area contributed by atoms with Crippen LogP contribution in [0.4, 0.5) is 13.2 Å². The van der Waals surface area contributed by atoms with E-state index in [0.29, 0.717) is 30.0 Å². The van der Waals surface area contributed by atoms with Crippen LogP contribution in [0.5, 0.6) is 11.5 Å². The fourth-order valence-corrected chi connectivity index (χ4v) is 3.36. The molecular formula is C23H19F3N4O4. The minimum Gasteiger partial charge on any atom is -0.477 e. The van der Waals surface area contributed by atoms with Crippen LogP contribution in [-0.2, 0) is 17.5 Å². The summed E-state index contributed by atoms with van der Waals surface area (Å²) in [6.07, 6.45) is -3.80. The molecule has 34 heavy (non-hydrogen) atoms. The number of hydrogen-bond donors (Lipinski definition) is 3. The fraction of sp³-hybridized carbons (Fsp3) is 0.217. The van der Waals surface area contributed by atoms with Gasteiger partial charge in [0, 0.05) is 18.7 Å². The summed E-state index contributed by atoms with van der Waals surface area (Å²) in [6, 6.07) is 11.7. The van der Waals surface area contributed by atoms with Crippen molar-refractivity contribution in [1.82, 2.24) is 20.6 Å². The molecule has 1 unspecified atom stereocenters. The Bertz CT molecular complexity index is 1200. The summed E-state index contributed by atoms with van der Waals surface area (Å²) in [4.78, 5) is 31.7. The van der Waals surface area contributed by atoms with Crippen molar-refractivity contribution in [2.24, 2.45) is 0 Å². The molecule has 2 heterocycles. The Kier molecular flexibility index (Phi) is 6.46. The number of carbonyl (C=O) groups is 2. The molecule has 3 aromatic rings. The fourth-order valence-electron chi connectivity index (χ4n) is 3.36. The molecule has 0 aliphatic carbocycles. The van der Waals surface area contributed by atoms with Crippen molar-refractivity contribution < 1.29 is 32.6 Å². The maximum absolute atomic E-state index is 12.7. The quantitative estimate of drug-likeness (QED) is 0.481. The third-order valence-electron chi connectivity index (χ3n) is 5.11. The first kappa shape index (κ1) is 23.2. The zero-order valence-corrected chi connectivity index (χ0v) is 17.6. The van der Waals surface area contributed by atoms with Gasteiger partial charge in [-0.3, -0.25) is 4.79 Å². The number of carboxylic acid groups (broad SMARTS) is 1. The molecule has 1 aliphatic heterocycles. The van der Waals surface area contributed by atoms with Crippen LogP contribution in [0.1, 0.15) is 28.2 Å². The maximum atomic E-state index is 12.7. The van der Waals surface area contributed by atoms with E-state index in [1.54, 1.807) is 24.3 Å². The number of aromatic nitrogens is 2. The number of benzene rings is 2. The van der Waals surface area contributed by atoms with Gasteiger partial charge >= 0.3 is 12.1 Å². The van der Waals surface area contributed by atoms with Crippen molar-refractivity contribution in [1.29, 1.82) is 0 Å². The molecule has 0 bridgehead atoms. The summed E-state index contributed by atoms with van der Waals surface area (Å²) in [5, 5.41) is 15.2. The molecule has 1 aromatic heterocycles. The average molecular weight is 472 g/mol. The number of ether oxygens (including phenoxy) is 1. The molecule has 1 fully saturated rings. The molecule has 4 rings (SSSR count). The van der Waals surface area contributed by atoms with E-state index in [0.717, 1.165) is 12.1 Å². The first-order chi connectivity index (χ1) is 16.2. The second-order valence-electron chi connectivity index (χ2n) is 7.54. The van der Waals surface area contributed by atoms with Crippen molar-refractivity contribution >= 4 is 11.9 Å². The highest BCUT2D eigenvalue weighted by atomic mass is 19.4. The predicted molar refractivity (Wildman–Crippen MR) is 114 cm³/mol. The summed E-state index contributed by atoms with van der Waals surface area (Å²) in [5.41, 5.74) is -0.0397. The van der Waals surface area contributed by atoms with Gasteiger partial charge in [-0.1, -0.05) is 0 Å². The van der Waals surface area contributed by atoms with Crippen molar-refractivity contribution in [2.75, 3.05) is 6.54 Å². The molecule has 0 spiro atoms. The minimum absolute atomic E-state index is 0.114. The molecule has 176 valence electrons. The Labute approximate surface area is 191 Å². The van der Waals surface area contributed by atoms with Gasteiger partial charge in [0.25, 0.3) is 0 Å². The monoisotopic (exact) mass is 472 g/mol. The number of nitrogens with one attached hydrogen (secondary N) is 2. The van der Waals surface area contributed by atoms with Crippen molar-refractivity contribution in [2.45, 2.75) is 25.2 Å². The highest BCUT2D eigenvalue weighted by molar-refractivity contribution is 5.86. The van der Waals surface area contributed by atoms with Gasteiger partial charge in [0.05, 0.1) is 17.3 Å². The lowest BCUT2D eigenvalue weighted by Crippen LogP contribution is -2.36. The van der Waals surface area contributed by atoms with Crippen LogP contribution < -0.4 is 15.4 Å².